The van der Waals surface area contributed by atoms with Crippen molar-refractivity contribution in [2.45, 2.75) is 12.5 Å². The molecule has 7 heteroatoms. The highest BCUT2D eigenvalue weighted by molar-refractivity contribution is 7.12. The van der Waals surface area contributed by atoms with Crippen LogP contribution in [0.2, 0.25) is 0 Å². The minimum atomic E-state index is -0.143. The lowest BCUT2D eigenvalue weighted by Crippen LogP contribution is -2.36. The first-order valence-electron chi connectivity index (χ1n) is 8.40. The van der Waals surface area contributed by atoms with Crippen LogP contribution in [0.1, 0.15) is 27.7 Å². The van der Waals surface area contributed by atoms with Gasteiger partial charge in [0, 0.05) is 19.5 Å². The van der Waals surface area contributed by atoms with E-state index in [1.165, 1.54) is 11.3 Å². The average molecular weight is 375 g/mol. The smallest absolute Gasteiger partial charge is 0.261 e. The second-order valence-corrected chi connectivity index (χ2v) is 6.99. The van der Waals surface area contributed by atoms with E-state index in [9.17, 15) is 9.59 Å². The van der Waals surface area contributed by atoms with Crippen molar-refractivity contribution in [3.05, 3.63) is 52.2 Å². The Hall–Kier alpha value is -2.38. The molecule has 2 aromatic rings. The molecule has 2 amide bonds. The van der Waals surface area contributed by atoms with Crippen molar-refractivity contribution >= 4 is 23.2 Å². The molecule has 2 N–H and O–H groups in total. The zero-order chi connectivity index (χ0) is 18.9. The van der Waals surface area contributed by atoms with Gasteiger partial charge in [0.1, 0.15) is 5.75 Å². The van der Waals surface area contributed by atoms with Gasteiger partial charge in [-0.1, -0.05) is 18.2 Å². The summed E-state index contributed by atoms with van der Waals surface area (Å²) in [7, 11) is 5.57. The maximum Gasteiger partial charge on any atom is 0.261 e. The molecule has 1 aromatic heterocycles. The van der Waals surface area contributed by atoms with E-state index < -0.39 is 0 Å². The molecule has 1 atom stereocenters. The standard InChI is InChI=1S/C19H25N3O3S/c1-22(2)16(14-6-4-7-15(12-14)25-3)13-21-18(23)9-10-20-19(24)17-8-5-11-26-17/h4-8,11-12,16H,9-10,13H2,1-3H3,(H,20,24)(H,21,23). The van der Waals surface area contributed by atoms with Crippen molar-refractivity contribution in [3.63, 3.8) is 0 Å². The van der Waals surface area contributed by atoms with Crippen molar-refractivity contribution in [2.24, 2.45) is 0 Å². The van der Waals surface area contributed by atoms with Crippen molar-refractivity contribution in [3.8, 4) is 5.75 Å². The van der Waals surface area contributed by atoms with E-state index in [2.05, 4.69) is 10.6 Å². The fourth-order valence-electron chi connectivity index (χ4n) is 2.53. The molecule has 0 aliphatic heterocycles. The quantitative estimate of drug-likeness (QED) is 0.706. The van der Waals surface area contributed by atoms with Gasteiger partial charge in [-0.25, -0.2) is 0 Å². The third kappa shape index (κ3) is 5.86. The first kappa shape index (κ1) is 19.9. The van der Waals surface area contributed by atoms with E-state index in [4.69, 9.17) is 4.74 Å². The van der Waals surface area contributed by atoms with E-state index in [1.807, 2.05) is 54.7 Å². The number of nitrogens with one attached hydrogen (secondary N) is 2. The largest absolute Gasteiger partial charge is 0.497 e. The average Bonchev–Trinajstić information content (AvgIpc) is 3.16. The first-order chi connectivity index (χ1) is 12.5. The summed E-state index contributed by atoms with van der Waals surface area (Å²) in [6, 6.07) is 11.4. The molecule has 0 spiro atoms. The van der Waals surface area contributed by atoms with Gasteiger partial charge in [0.2, 0.25) is 5.91 Å². The summed E-state index contributed by atoms with van der Waals surface area (Å²) in [4.78, 5) is 26.6. The maximum absolute atomic E-state index is 12.1. The van der Waals surface area contributed by atoms with Crippen LogP contribution >= 0.6 is 11.3 Å². The summed E-state index contributed by atoms with van der Waals surface area (Å²) in [6.45, 7) is 0.798. The van der Waals surface area contributed by atoms with E-state index in [0.717, 1.165) is 11.3 Å². The van der Waals surface area contributed by atoms with Crippen LogP contribution in [-0.4, -0.2) is 51.0 Å². The van der Waals surface area contributed by atoms with Gasteiger partial charge in [-0.2, -0.15) is 0 Å². The topological polar surface area (TPSA) is 70.7 Å². The number of hydrogen-bond acceptors (Lipinski definition) is 5. The molecule has 26 heavy (non-hydrogen) atoms. The van der Waals surface area contributed by atoms with Crippen molar-refractivity contribution in [1.82, 2.24) is 15.5 Å². The summed E-state index contributed by atoms with van der Waals surface area (Å²) >= 11 is 1.38. The normalized spacial score (nSPS) is 11.8. The number of carbonyl (C=O) groups is 2. The molecule has 1 heterocycles. The molecule has 0 saturated heterocycles. The monoisotopic (exact) mass is 375 g/mol. The van der Waals surface area contributed by atoms with Crippen LogP contribution in [0.5, 0.6) is 5.75 Å². The lowest BCUT2D eigenvalue weighted by molar-refractivity contribution is -0.121. The highest BCUT2D eigenvalue weighted by atomic mass is 32.1. The molecule has 2 rings (SSSR count). The highest BCUT2D eigenvalue weighted by Crippen LogP contribution is 2.22. The zero-order valence-electron chi connectivity index (χ0n) is 15.3. The number of methoxy groups -OCH3 is 1. The van der Waals surface area contributed by atoms with Crippen molar-refractivity contribution < 1.29 is 14.3 Å². The lowest BCUT2D eigenvalue weighted by atomic mass is 10.1. The lowest BCUT2D eigenvalue weighted by Gasteiger charge is -2.25. The molecule has 0 fully saturated rings. The fraction of sp³-hybridized carbons (Fsp3) is 0.368. The third-order valence-electron chi connectivity index (χ3n) is 3.98. The Morgan fingerprint density at radius 2 is 2.00 bits per heavy atom. The van der Waals surface area contributed by atoms with E-state index in [0.29, 0.717) is 18.0 Å². The van der Waals surface area contributed by atoms with Crippen LogP contribution in [-0.2, 0) is 4.79 Å². The second kappa shape index (κ2) is 9.94. The van der Waals surface area contributed by atoms with Gasteiger partial charge in [0.15, 0.2) is 0 Å². The first-order valence-corrected chi connectivity index (χ1v) is 9.28. The number of carbonyl (C=O) groups excluding carboxylic acids is 2. The molecule has 6 nitrogen and oxygen atoms in total. The molecule has 0 aliphatic carbocycles. The molecule has 1 unspecified atom stereocenters. The number of likely N-dealkylation sites (N-methyl/N-ethyl adjacent to an activating group) is 1. The van der Waals surface area contributed by atoms with Gasteiger partial charge in [-0.3, -0.25) is 9.59 Å². The van der Waals surface area contributed by atoms with E-state index in [-0.39, 0.29) is 24.3 Å². The number of nitrogens with zero attached hydrogens (tertiary/aromatic N) is 1. The Bertz CT molecular complexity index is 717. The van der Waals surface area contributed by atoms with Gasteiger partial charge in [-0.15, -0.1) is 11.3 Å². The summed E-state index contributed by atoms with van der Waals surface area (Å²) in [5.41, 5.74) is 1.07. The number of benzene rings is 1. The van der Waals surface area contributed by atoms with Crippen molar-refractivity contribution in [2.75, 3.05) is 34.3 Å². The fourth-order valence-corrected chi connectivity index (χ4v) is 3.17. The minimum absolute atomic E-state index is 0.0368. The van der Waals surface area contributed by atoms with Gasteiger partial charge in [0.25, 0.3) is 5.91 Å². The maximum atomic E-state index is 12.1. The van der Waals surface area contributed by atoms with Gasteiger partial charge >= 0.3 is 0 Å². The number of amides is 2. The predicted molar refractivity (Wildman–Crippen MR) is 104 cm³/mol. The molecular weight excluding hydrogens is 350 g/mol. The summed E-state index contributed by atoms with van der Waals surface area (Å²) in [5, 5.41) is 7.54. The Morgan fingerprint density at radius 1 is 1.19 bits per heavy atom. The summed E-state index contributed by atoms with van der Waals surface area (Å²) in [6.07, 6.45) is 0.245. The molecule has 140 valence electrons. The number of rotatable bonds is 9. The van der Waals surface area contributed by atoms with Crippen LogP contribution in [0.4, 0.5) is 0 Å². The Balaban J connectivity index is 1.80. The van der Waals surface area contributed by atoms with Gasteiger partial charge in [0.05, 0.1) is 18.0 Å². The zero-order valence-corrected chi connectivity index (χ0v) is 16.1. The van der Waals surface area contributed by atoms with Gasteiger partial charge < -0.3 is 20.3 Å². The Labute approximate surface area is 158 Å². The highest BCUT2D eigenvalue weighted by Gasteiger charge is 2.16. The Morgan fingerprint density at radius 3 is 2.65 bits per heavy atom. The Kier molecular flexibility index (Phi) is 7.62. The van der Waals surface area contributed by atoms with Crippen LogP contribution in [0.25, 0.3) is 0 Å². The molecule has 0 bridgehead atoms. The molecule has 0 saturated carbocycles. The molecular formula is C19H25N3O3S. The van der Waals surface area contributed by atoms with Crippen LogP contribution in [0.3, 0.4) is 0 Å². The van der Waals surface area contributed by atoms with Crippen molar-refractivity contribution in [1.29, 1.82) is 0 Å². The third-order valence-corrected chi connectivity index (χ3v) is 4.85. The minimum Gasteiger partial charge on any atom is -0.497 e. The number of ether oxygens (including phenoxy) is 1. The summed E-state index contributed by atoms with van der Waals surface area (Å²) < 4.78 is 5.27. The number of thiophene rings is 1. The molecule has 1 aromatic carbocycles. The van der Waals surface area contributed by atoms with E-state index >= 15 is 0 Å². The molecule has 0 aliphatic rings. The predicted octanol–water partition coefficient (Wildman–Crippen LogP) is 2.30. The number of hydrogen-bond donors (Lipinski definition) is 2. The van der Waals surface area contributed by atoms with Gasteiger partial charge in [-0.05, 0) is 43.2 Å². The summed E-state index contributed by atoms with van der Waals surface area (Å²) in [5.74, 6) is 0.554. The van der Waals surface area contributed by atoms with Crippen LogP contribution in [0, 0.1) is 0 Å². The SMILES string of the molecule is COc1cccc(C(CNC(=O)CCNC(=O)c2cccs2)N(C)C)c1. The second-order valence-electron chi connectivity index (χ2n) is 6.04. The van der Waals surface area contributed by atoms with Crippen LogP contribution < -0.4 is 15.4 Å². The molecule has 0 radical (unpaired) electrons. The van der Waals surface area contributed by atoms with Crippen LogP contribution in [0.15, 0.2) is 41.8 Å². The van der Waals surface area contributed by atoms with E-state index in [1.54, 1.807) is 13.2 Å².